The lowest BCUT2D eigenvalue weighted by atomic mass is 9.89. The number of nitro groups is 1. The molecule has 0 aromatic carbocycles. The quantitative estimate of drug-likeness (QED) is 0.592. The highest BCUT2D eigenvalue weighted by Gasteiger charge is 2.32. The average molecular weight is 253 g/mol. The zero-order valence-corrected chi connectivity index (χ0v) is 10.00. The first-order valence-electron chi connectivity index (χ1n) is 5.74. The van der Waals surface area contributed by atoms with Gasteiger partial charge in [0, 0.05) is 12.6 Å². The molecule has 0 bridgehead atoms. The standard InChI is InChI=1S/C10H15N5O3/c1-2-18-7-3-6(4-7)14-10-8(15(16)17)9(11)12-5-13-10/h5-7H,2-4H2,1H3,(H3,11,12,13,14). The van der Waals surface area contributed by atoms with Crippen molar-refractivity contribution in [2.75, 3.05) is 17.7 Å². The third-order valence-corrected chi connectivity index (χ3v) is 2.87. The second-order valence-electron chi connectivity index (χ2n) is 4.10. The molecule has 3 N–H and O–H groups in total. The molecule has 0 unspecified atom stereocenters. The molecule has 0 radical (unpaired) electrons. The van der Waals surface area contributed by atoms with E-state index in [2.05, 4.69) is 15.3 Å². The molecule has 1 aliphatic rings. The Morgan fingerprint density at radius 1 is 1.61 bits per heavy atom. The fraction of sp³-hybridized carbons (Fsp3) is 0.600. The second-order valence-corrected chi connectivity index (χ2v) is 4.10. The van der Waals surface area contributed by atoms with Crippen molar-refractivity contribution < 1.29 is 9.66 Å². The molecule has 1 fully saturated rings. The van der Waals surface area contributed by atoms with Crippen LogP contribution in [0.3, 0.4) is 0 Å². The van der Waals surface area contributed by atoms with Gasteiger partial charge < -0.3 is 15.8 Å². The van der Waals surface area contributed by atoms with Crippen LogP contribution in [0.25, 0.3) is 0 Å². The molecule has 8 heteroatoms. The van der Waals surface area contributed by atoms with E-state index in [0.29, 0.717) is 6.61 Å². The van der Waals surface area contributed by atoms with Crippen LogP contribution in [-0.2, 0) is 4.74 Å². The number of nitrogens with two attached hydrogens (primary N) is 1. The maximum Gasteiger partial charge on any atom is 0.352 e. The number of ether oxygens (including phenoxy) is 1. The van der Waals surface area contributed by atoms with Crippen LogP contribution in [0.15, 0.2) is 6.33 Å². The summed E-state index contributed by atoms with van der Waals surface area (Å²) >= 11 is 0. The van der Waals surface area contributed by atoms with Gasteiger partial charge in [-0.05, 0) is 19.8 Å². The molecule has 0 saturated heterocycles. The molecular formula is C10H15N5O3. The van der Waals surface area contributed by atoms with Gasteiger partial charge in [-0.3, -0.25) is 10.1 Å². The fourth-order valence-electron chi connectivity index (χ4n) is 1.93. The lowest BCUT2D eigenvalue weighted by Crippen LogP contribution is -2.41. The molecule has 1 aromatic rings. The smallest absolute Gasteiger partial charge is 0.352 e. The van der Waals surface area contributed by atoms with Crippen LogP contribution in [0.2, 0.25) is 0 Å². The predicted octanol–water partition coefficient (Wildman–Crippen LogP) is 0.946. The van der Waals surface area contributed by atoms with Crippen molar-refractivity contribution in [3.8, 4) is 0 Å². The summed E-state index contributed by atoms with van der Waals surface area (Å²) in [6, 6.07) is 0.134. The Bertz CT molecular complexity index is 447. The van der Waals surface area contributed by atoms with E-state index in [0.717, 1.165) is 12.8 Å². The van der Waals surface area contributed by atoms with Crippen LogP contribution in [0.5, 0.6) is 0 Å². The average Bonchev–Trinajstić information content (AvgIpc) is 2.25. The van der Waals surface area contributed by atoms with Crippen molar-refractivity contribution in [2.45, 2.75) is 31.9 Å². The summed E-state index contributed by atoms with van der Waals surface area (Å²) in [5.74, 6) is 0.0469. The summed E-state index contributed by atoms with van der Waals surface area (Å²) in [4.78, 5) is 17.8. The monoisotopic (exact) mass is 253 g/mol. The number of anilines is 2. The van der Waals surface area contributed by atoms with E-state index in [1.807, 2.05) is 6.92 Å². The SMILES string of the molecule is CCOC1CC(Nc2ncnc(N)c2[N+](=O)[O-])C1. The lowest BCUT2D eigenvalue weighted by Gasteiger charge is -2.35. The van der Waals surface area contributed by atoms with Gasteiger partial charge in [0.2, 0.25) is 11.6 Å². The van der Waals surface area contributed by atoms with Crippen molar-refractivity contribution in [1.82, 2.24) is 9.97 Å². The number of aromatic nitrogens is 2. The van der Waals surface area contributed by atoms with Crippen molar-refractivity contribution in [3.05, 3.63) is 16.4 Å². The van der Waals surface area contributed by atoms with Crippen LogP contribution in [0, 0.1) is 10.1 Å². The number of nitrogens with zero attached hydrogens (tertiary/aromatic N) is 3. The van der Waals surface area contributed by atoms with Gasteiger partial charge in [-0.2, -0.15) is 0 Å². The van der Waals surface area contributed by atoms with Crippen LogP contribution >= 0.6 is 0 Å². The number of nitrogen functional groups attached to an aromatic ring is 1. The van der Waals surface area contributed by atoms with Crippen molar-refractivity contribution in [2.24, 2.45) is 0 Å². The maximum absolute atomic E-state index is 10.9. The highest BCUT2D eigenvalue weighted by Crippen LogP contribution is 2.31. The number of rotatable bonds is 5. The van der Waals surface area contributed by atoms with Gasteiger partial charge >= 0.3 is 5.69 Å². The minimum Gasteiger partial charge on any atom is -0.378 e. The minimum atomic E-state index is -0.573. The molecule has 0 atom stereocenters. The van der Waals surface area contributed by atoms with Gasteiger partial charge in [-0.25, -0.2) is 9.97 Å². The summed E-state index contributed by atoms with van der Waals surface area (Å²) in [6.45, 7) is 2.62. The summed E-state index contributed by atoms with van der Waals surface area (Å²) in [5.41, 5.74) is 5.21. The molecule has 0 spiro atoms. The van der Waals surface area contributed by atoms with Gasteiger partial charge in [0.05, 0.1) is 11.0 Å². The number of nitrogens with one attached hydrogen (secondary N) is 1. The Hall–Kier alpha value is -1.96. The highest BCUT2D eigenvalue weighted by atomic mass is 16.6. The van der Waals surface area contributed by atoms with E-state index in [1.54, 1.807) is 0 Å². The number of hydrogen-bond donors (Lipinski definition) is 2. The normalized spacial score (nSPS) is 22.3. The maximum atomic E-state index is 10.9. The second kappa shape index (κ2) is 5.13. The zero-order chi connectivity index (χ0) is 13.1. The van der Waals surface area contributed by atoms with E-state index < -0.39 is 4.92 Å². The van der Waals surface area contributed by atoms with Crippen LogP contribution in [0.4, 0.5) is 17.3 Å². The Morgan fingerprint density at radius 3 is 2.94 bits per heavy atom. The highest BCUT2D eigenvalue weighted by molar-refractivity contribution is 5.67. The number of hydrogen-bond acceptors (Lipinski definition) is 7. The summed E-state index contributed by atoms with van der Waals surface area (Å²) in [7, 11) is 0. The van der Waals surface area contributed by atoms with Crippen LogP contribution in [-0.4, -0.2) is 33.6 Å². The van der Waals surface area contributed by atoms with Crippen molar-refractivity contribution in [1.29, 1.82) is 0 Å². The van der Waals surface area contributed by atoms with E-state index in [-0.39, 0.29) is 29.5 Å². The molecular weight excluding hydrogens is 238 g/mol. The van der Waals surface area contributed by atoms with Gasteiger partial charge in [-0.15, -0.1) is 0 Å². The topological polar surface area (TPSA) is 116 Å². The minimum absolute atomic E-state index is 0.127. The summed E-state index contributed by atoms with van der Waals surface area (Å²) in [5, 5.41) is 13.9. The fourth-order valence-corrected chi connectivity index (χ4v) is 1.93. The Morgan fingerprint density at radius 2 is 2.33 bits per heavy atom. The van der Waals surface area contributed by atoms with Crippen LogP contribution in [0.1, 0.15) is 19.8 Å². The summed E-state index contributed by atoms with van der Waals surface area (Å²) in [6.07, 6.45) is 3.07. The third kappa shape index (κ3) is 2.48. The Kier molecular flexibility index (Phi) is 3.56. The molecule has 0 aliphatic heterocycles. The molecule has 1 heterocycles. The first kappa shape index (κ1) is 12.5. The molecule has 18 heavy (non-hydrogen) atoms. The third-order valence-electron chi connectivity index (χ3n) is 2.87. The first-order chi connectivity index (χ1) is 8.61. The van der Waals surface area contributed by atoms with Gasteiger partial charge in [0.15, 0.2) is 0 Å². The molecule has 1 aromatic heterocycles. The van der Waals surface area contributed by atoms with Crippen molar-refractivity contribution in [3.63, 3.8) is 0 Å². The van der Waals surface area contributed by atoms with E-state index in [9.17, 15) is 10.1 Å². The van der Waals surface area contributed by atoms with E-state index >= 15 is 0 Å². The van der Waals surface area contributed by atoms with E-state index in [1.165, 1.54) is 6.33 Å². The van der Waals surface area contributed by atoms with Crippen molar-refractivity contribution >= 4 is 17.3 Å². The van der Waals surface area contributed by atoms with Crippen LogP contribution < -0.4 is 11.1 Å². The molecule has 98 valence electrons. The van der Waals surface area contributed by atoms with Gasteiger partial charge in [-0.1, -0.05) is 0 Å². The summed E-state index contributed by atoms with van der Waals surface area (Å²) < 4.78 is 5.42. The molecule has 8 nitrogen and oxygen atoms in total. The Labute approximate surface area is 104 Å². The Balaban J connectivity index is 2.02. The molecule has 1 saturated carbocycles. The first-order valence-corrected chi connectivity index (χ1v) is 5.74. The molecule has 0 amide bonds. The zero-order valence-electron chi connectivity index (χ0n) is 10.00. The van der Waals surface area contributed by atoms with E-state index in [4.69, 9.17) is 10.5 Å². The lowest BCUT2D eigenvalue weighted by molar-refractivity contribution is -0.383. The predicted molar refractivity (Wildman–Crippen MR) is 65.2 cm³/mol. The molecule has 2 rings (SSSR count). The van der Waals surface area contributed by atoms with Gasteiger partial charge in [0.25, 0.3) is 0 Å². The molecule has 1 aliphatic carbocycles. The van der Waals surface area contributed by atoms with Gasteiger partial charge in [0.1, 0.15) is 6.33 Å². The largest absolute Gasteiger partial charge is 0.378 e.